The number of carboxylic acid groups (broad SMARTS) is 1. The molecule has 148 valence electrons. The Balaban J connectivity index is 1.99. The van der Waals surface area contributed by atoms with Gasteiger partial charge in [0.15, 0.2) is 11.5 Å². The van der Waals surface area contributed by atoms with E-state index in [1.165, 1.54) is 0 Å². The molecule has 1 N–H and O–H groups in total. The van der Waals surface area contributed by atoms with Gasteiger partial charge in [0.25, 0.3) is 0 Å². The van der Waals surface area contributed by atoms with Crippen molar-refractivity contribution in [2.75, 3.05) is 20.8 Å². The standard InChI is InChI=1S/C22H25NO5/c1-14(15-7-5-4-6-8-15)22(26)23-10-9-16-11-19(27-2)20(28-3)12-17(16)18(23)13-21(24)25/h4-8,11-12,14,18H,9-10,13H2,1-3H3,(H,24,25)/t14-,18?/m0/s1. The van der Waals surface area contributed by atoms with Crippen LogP contribution >= 0.6 is 0 Å². The van der Waals surface area contributed by atoms with Gasteiger partial charge in [0, 0.05) is 6.54 Å². The highest BCUT2D eigenvalue weighted by Gasteiger charge is 2.35. The number of benzene rings is 2. The largest absolute Gasteiger partial charge is 0.493 e. The molecule has 1 aliphatic rings. The minimum absolute atomic E-state index is 0.0714. The molecule has 6 heteroatoms. The summed E-state index contributed by atoms with van der Waals surface area (Å²) < 4.78 is 10.8. The Morgan fingerprint density at radius 1 is 1.14 bits per heavy atom. The predicted octanol–water partition coefficient (Wildman–Crippen LogP) is 3.41. The van der Waals surface area contributed by atoms with Crippen LogP contribution in [-0.4, -0.2) is 42.6 Å². The summed E-state index contributed by atoms with van der Waals surface area (Å²) in [7, 11) is 3.11. The second-order valence-electron chi connectivity index (χ2n) is 6.93. The number of carbonyl (C=O) groups is 2. The van der Waals surface area contributed by atoms with E-state index in [2.05, 4.69) is 0 Å². The first kappa shape index (κ1) is 19.7. The van der Waals surface area contributed by atoms with Crippen molar-refractivity contribution in [3.8, 4) is 11.5 Å². The molecule has 0 saturated heterocycles. The molecule has 0 spiro atoms. The molecule has 1 heterocycles. The first-order chi connectivity index (χ1) is 13.5. The summed E-state index contributed by atoms with van der Waals surface area (Å²) in [5.74, 6) is -0.232. The van der Waals surface area contributed by atoms with Crippen LogP contribution in [0.25, 0.3) is 0 Å². The summed E-state index contributed by atoms with van der Waals surface area (Å²) in [6, 6.07) is 12.7. The molecule has 6 nitrogen and oxygen atoms in total. The molecule has 0 aliphatic carbocycles. The average molecular weight is 383 g/mol. The van der Waals surface area contributed by atoms with E-state index < -0.39 is 12.0 Å². The lowest BCUT2D eigenvalue weighted by Gasteiger charge is -2.38. The van der Waals surface area contributed by atoms with Gasteiger partial charge in [0.1, 0.15) is 0 Å². The highest BCUT2D eigenvalue weighted by Crippen LogP contribution is 2.40. The minimum atomic E-state index is -0.946. The molecule has 0 bridgehead atoms. The molecular weight excluding hydrogens is 358 g/mol. The van der Waals surface area contributed by atoms with E-state index >= 15 is 0 Å². The van der Waals surface area contributed by atoms with Gasteiger partial charge >= 0.3 is 5.97 Å². The van der Waals surface area contributed by atoms with Gasteiger partial charge < -0.3 is 19.5 Å². The van der Waals surface area contributed by atoms with E-state index in [1.54, 1.807) is 25.2 Å². The van der Waals surface area contributed by atoms with E-state index in [9.17, 15) is 14.7 Å². The van der Waals surface area contributed by atoms with Crippen molar-refractivity contribution in [3.63, 3.8) is 0 Å². The fraction of sp³-hybridized carbons (Fsp3) is 0.364. The molecule has 0 radical (unpaired) electrons. The van der Waals surface area contributed by atoms with Crippen molar-refractivity contribution in [2.24, 2.45) is 0 Å². The van der Waals surface area contributed by atoms with Crippen LogP contribution in [0.3, 0.4) is 0 Å². The van der Waals surface area contributed by atoms with Crippen LogP contribution in [0.2, 0.25) is 0 Å². The number of fused-ring (bicyclic) bond motifs is 1. The van der Waals surface area contributed by atoms with Gasteiger partial charge in [-0.2, -0.15) is 0 Å². The number of hydrogen-bond acceptors (Lipinski definition) is 4. The van der Waals surface area contributed by atoms with Crippen molar-refractivity contribution in [1.82, 2.24) is 4.90 Å². The maximum Gasteiger partial charge on any atom is 0.305 e. The fourth-order valence-electron chi connectivity index (χ4n) is 3.81. The summed E-state index contributed by atoms with van der Waals surface area (Å²) in [6.45, 7) is 2.33. The third-order valence-electron chi connectivity index (χ3n) is 5.32. The highest BCUT2D eigenvalue weighted by atomic mass is 16.5. The summed E-state index contributed by atoms with van der Waals surface area (Å²) >= 11 is 0. The van der Waals surface area contributed by atoms with E-state index in [-0.39, 0.29) is 18.2 Å². The Bertz CT molecular complexity index is 865. The number of carboxylic acids is 1. The Morgan fingerprint density at radius 2 is 1.79 bits per heavy atom. The lowest BCUT2D eigenvalue weighted by atomic mass is 9.88. The number of methoxy groups -OCH3 is 2. The second kappa shape index (κ2) is 8.33. The molecule has 0 saturated carbocycles. The smallest absolute Gasteiger partial charge is 0.305 e. The predicted molar refractivity (Wildman–Crippen MR) is 105 cm³/mol. The molecule has 1 amide bonds. The molecule has 2 aromatic rings. The minimum Gasteiger partial charge on any atom is -0.493 e. The van der Waals surface area contributed by atoms with Gasteiger partial charge in [-0.3, -0.25) is 9.59 Å². The summed E-state index contributed by atoms with van der Waals surface area (Å²) in [5, 5.41) is 9.48. The van der Waals surface area contributed by atoms with Gasteiger partial charge in [-0.15, -0.1) is 0 Å². The average Bonchev–Trinajstić information content (AvgIpc) is 2.72. The molecule has 1 aliphatic heterocycles. The molecule has 1 unspecified atom stereocenters. The Labute approximate surface area is 164 Å². The second-order valence-corrected chi connectivity index (χ2v) is 6.93. The quantitative estimate of drug-likeness (QED) is 0.827. The maximum atomic E-state index is 13.3. The van der Waals surface area contributed by atoms with E-state index in [4.69, 9.17) is 9.47 Å². The van der Waals surface area contributed by atoms with Crippen molar-refractivity contribution in [2.45, 2.75) is 31.7 Å². The van der Waals surface area contributed by atoms with Crippen LogP contribution in [0.15, 0.2) is 42.5 Å². The van der Waals surface area contributed by atoms with Crippen molar-refractivity contribution >= 4 is 11.9 Å². The first-order valence-corrected chi connectivity index (χ1v) is 9.28. The zero-order valence-electron chi connectivity index (χ0n) is 16.3. The van der Waals surface area contributed by atoms with Gasteiger partial charge in [0.2, 0.25) is 5.91 Å². The molecule has 2 atom stereocenters. The van der Waals surface area contributed by atoms with Crippen molar-refractivity contribution in [1.29, 1.82) is 0 Å². The summed E-state index contributed by atoms with van der Waals surface area (Å²) in [5.41, 5.74) is 2.71. The lowest BCUT2D eigenvalue weighted by molar-refractivity contribution is -0.141. The Kier molecular flexibility index (Phi) is 5.87. The topological polar surface area (TPSA) is 76.1 Å². The normalized spacial score (nSPS) is 16.8. The third-order valence-corrected chi connectivity index (χ3v) is 5.32. The Morgan fingerprint density at radius 3 is 2.39 bits per heavy atom. The fourth-order valence-corrected chi connectivity index (χ4v) is 3.81. The molecule has 2 aromatic carbocycles. The van der Waals surface area contributed by atoms with Crippen LogP contribution in [0.1, 0.15) is 42.0 Å². The number of amides is 1. The monoisotopic (exact) mass is 383 g/mol. The number of ether oxygens (including phenoxy) is 2. The number of carbonyl (C=O) groups excluding carboxylic acids is 1. The van der Waals surface area contributed by atoms with Crippen molar-refractivity contribution < 1.29 is 24.2 Å². The highest BCUT2D eigenvalue weighted by molar-refractivity contribution is 5.85. The molecule has 28 heavy (non-hydrogen) atoms. The van der Waals surface area contributed by atoms with Gasteiger partial charge in [-0.05, 0) is 42.2 Å². The van der Waals surface area contributed by atoms with E-state index in [1.807, 2.05) is 43.3 Å². The van der Waals surface area contributed by atoms with Crippen LogP contribution < -0.4 is 9.47 Å². The molecule has 0 aromatic heterocycles. The van der Waals surface area contributed by atoms with E-state index in [0.717, 1.165) is 16.7 Å². The van der Waals surface area contributed by atoms with Gasteiger partial charge in [-0.25, -0.2) is 0 Å². The summed E-state index contributed by atoms with van der Waals surface area (Å²) in [6.07, 6.45) is 0.481. The SMILES string of the molecule is COc1cc2c(cc1OC)C(CC(=O)O)N(C(=O)[C@@H](C)c1ccccc1)CC2. The van der Waals surface area contributed by atoms with E-state index in [0.29, 0.717) is 24.5 Å². The maximum absolute atomic E-state index is 13.3. The van der Waals surface area contributed by atoms with Crippen molar-refractivity contribution in [3.05, 3.63) is 59.2 Å². The lowest BCUT2D eigenvalue weighted by Crippen LogP contribution is -2.42. The van der Waals surface area contributed by atoms with Gasteiger partial charge in [0.05, 0.1) is 32.6 Å². The van der Waals surface area contributed by atoms with Crippen LogP contribution in [0, 0.1) is 0 Å². The molecule has 3 rings (SSSR count). The zero-order valence-corrected chi connectivity index (χ0v) is 16.3. The third kappa shape index (κ3) is 3.81. The van der Waals surface area contributed by atoms with Crippen LogP contribution in [0.4, 0.5) is 0 Å². The first-order valence-electron chi connectivity index (χ1n) is 9.28. The van der Waals surface area contributed by atoms with Crippen LogP contribution in [0.5, 0.6) is 11.5 Å². The van der Waals surface area contributed by atoms with Gasteiger partial charge in [-0.1, -0.05) is 30.3 Å². The number of hydrogen-bond donors (Lipinski definition) is 1. The van der Waals surface area contributed by atoms with Crippen LogP contribution in [-0.2, 0) is 16.0 Å². The molecule has 0 fully saturated rings. The number of rotatable bonds is 6. The number of nitrogens with zero attached hydrogens (tertiary/aromatic N) is 1. The number of aliphatic carboxylic acids is 1. The Hall–Kier alpha value is -3.02. The zero-order chi connectivity index (χ0) is 20.3. The summed E-state index contributed by atoms with van der Waals surface area (Å²) in [4.78, 5) is 26.5. The molecular formula is C22H25NO5.